The molecule has 3 rings (SSSR count). The summed E-state index contributed by atoms with van der Waals surface area (Å²) in [7, 11) is 0. The summed E-state index contributed by atoms with van der Waals surface area (Å²) in [6, 6.07) is 13.1. The lowest BCUT2D eigenvalue weighted by Gasteiger charge is -2.17. The number of nitrogens with zero attached hydrogens (tertiary/aromatic N) is 1. The smallest absolute Gasteiger partial charge is 0.342 e. The minimum atomic E-state index is -0.429. The van der Waals surface area contributed by atoms with Crippen molar-refractivity contribution in [3.63, 3.8) is 0 Å². The van der Waals surface area contributed by atoms with Crippen LogP contribution in [0.4, 0.5) is 0 Å². The maximum Gasteiger partial charge on any atom is 0.342 e. The SMILES string of the molecule is CCN(CC)CCOC(=O)c1c(CSc2ccccc2)oc2cc(Br)c(O)cc12. The number of benzene rings is 2. The molecule has 1 aromatic heterocycles. The van der Waals surface area contributed by atoms with Gasteiger partial charge in [0.1, 0.15) is 29.3 Å². The number of hydrogen-bond donors (Lipinski definition) is 1. The number of ether oxygens (including phenoxy) is 1. The zero-order valence-corrected chi connectivity index (χ0v) is 18.9. The molecule has 0 saturated carbocycles. The molecular formula is C22H24BrNO4S. The topological polar surface area (TPSA) is 62.9 Å². The second-order valence-corrected chi connectivity index (χ2v) is 8.37. The van der Waals surface area contributed by atoms with Crippen molar-refractivity contribution < 1.29 is 19.1 Å². The number of carbonyl (C=O) groups is 1. The molecule has 1 N–H and O–H groups in total. The molecule has 0 unspecified atom stereocenters. The second kappa shape index (κ2) is 10.2. The molecule has 0 amide bonds. The number of fused-ring (bicyclic) bond motifs is 1. The quantitative estimate of drug-likeness (QED) is 0.315. The number of phenolic OH excluding ortho intramolecular Hbond substituents is 1. The number of aromatic hydroxyl groups is 1. The van der Waals surface area contributed by atoms with Gasteiger partial charge in [-0.3, -0.25) is 0 Å². The summed E-state index contributed by atoms with van der Waals surface area (Å²) in [4.78, 5) is 16.2. The van der Waals surface area contributed by atoms with Gasteiger partial charge in [-0.05, 0) is 53.3 Å². The number of furan rings is 1. The van der Waals surface area contributed by atoms with Gasteiger partial charge in [0, 0.05) is 16.8 Å². The number of esters is 1. The Hall–Kier alpha value is -1.96. The van der Waals surface area contributed by atoms with Crippen LogP contribution in [-0.4, -0.2) is 42.2 Å². The van der Waals surface area contributed by atoms with Crippen LogP contribution in [0.5, 0.6) is 5.75 Å². The van der Waals surface area contributed by atoms with Gasteiger partial charge in [0.15, 0.2) is 0 Å². The fourth-order valence-corrected chi connectivity index (χ4v) is 4.20. The predicted octanol–water partition coefficient (Wildman–Crippen LogP) is 5.69. The van der Waals surface area contributed by atoms with E-state index in [4.69, 9.17) is 9.15 Å². The monoisotopic (exact) mass is 477 g/mol. The summed E-state index contributed by atoms with van der Waals surface area (Å²) in [6.45, 7) is 6.95. The van der Waals surface area contributed by atoms with Gasteiger partial charge >= 0.3 is 5.97 Å². The third-order valence-electron chi connectivity index (χ3n) is 4.68. The van der Waals surface area contributed by atoms with Crippen molar-refractivity contribution in [3.8, 4) is 5.75 Å². The highest BCUT2D eigenvalue weighted by molar-refractivity contribution is 9.10. The summed E-state index contributed by atoms with van der Waals surface area (Å²) >= 11 is 4.88. The first kappa shape index (κ1) is 21.7. The van der Waals surface area contributed by atoms with Crippen molar-refractivity contribution >= 4 is 44.6 Å². The van der Waals surface area contributed by atoms with Crippen LogP contribution < -0.4 is 0 Å². The molecule has 0 saturated heterocycles. The van der Waals surface area contributed by atoms with E-state index in [2.05, 4.69) is 34.7 Å². The molecule has 29 heavy (non-hydrogen) atoms. The van der Waals surface area contributed by atoms with Gasteiger partial charge < -0.3 is 19.2 Å². The highest BCUT2D eigenvalue weighted by atomic mass is 79.9. The van der Waals surface area contributed by atoms with Crippen LogP contribution in [0, 0.1) is 0 Å². The molecule has 154 valence electrons. The lowest BCUT2D eigenvalue weighted by molar-refractivity contribution is 0.0466. The van der Waals surface area contributed by atoms with Crippen LogP contribution in [0.2, 0.25) is 0 Å². The van der Waals surface area contributed by atoms with Crippen LogP contribution in [0.1, 0.15) is 30.0 Å². The maximum atomic E-state index is 12.9. The standard InChI is InChI=1S/C22H24BrNO4S/c1-3-24(4-2)10-11-27-22(26)21-16-12-18(25)17(23)13-19(16)28-20(21)14-29-15-8-6-5-7-9-15/h5-9,12-13,25H,3-4,10-11,14H2,1-2H3. The van der Waals surface area contributed by atoms with Crippen molar-refractivity contribution in [1.82, 2.24) is 4.90 Å². The van der Waals surface area contributed by atoms with Crippen molar-refractivity contribution in [2.75, 3.05) is 26.2 Å². The van der Waals surface area contributed by atoms with Gasteiger partial charge in [-0.2, -0.15) is 0 Å². The van der Waals surface area contributed by atoms with Crippen molar-refractivity contribution in [2.45, 2.75) is 24.5 Å². The van der Waals surface area contributed by atoms with Gasteiger partial charge in [-0.1, -0.05) is 32.0 Å². The van der Waals surface area contributed by atoms with E-state index in [0.29, 0.717) is 45.7 Å². The van der Waals surface area contributed by atoms with E-state index in [1.807, 2.05) is 30.3 Å². The average Bonchev–Trinajstić information content (AvgIpc) is 3.07. The summed E-state index contributed by atoms with van der Waals surface area (Å²) in [5.74, 6) is 0.649. The molecule has 0 spiro atoms. The second-order valence-electron chi connectivity index (χ2n) is 6.46. The van der Waals surface area contributed by atoms with Gasteiger partial charge in [0.2, 0.25) is 0 Å². The molecule has 0 aliphatic carbocycles. The predicted molar refractivity (Wildman–Crippen MR) is 120 cm³/mol. The third-order valence-corrected chi connectivity index (χ3v) is 6.33. The number of halogens is 1. The number of hydrogen-bond acceptors (Lipinski definition) is 6. The van der Waals surface area contributed by atoms with E-state index < -0.39 is 5.97 Å². The third kappa shape index (κ3) is 5.35. The Labute approximate surface area is 183 Å². The lowest BCUT2D eigenvalue weighted by Crippen LogP contribution is -2.28. The van der Waals surface area contributed by atoms with Crippen LogP contribution in [-0.2, 0) is 10.5 Å². The van der Waals surface area contributed by atoms with E-state index in [1.165, 1.54) is 0 Å². The van der Waals surface area contributed by atoms with Crippen molar-refractivity contribution in [2.24, 2.45) is 0 Å². The Bertz CT molecular complexity index is 970. The van der Waals surface area contributed by atoms with E-state index in [9.17, 15) is 9.90 Å². The van der Waals surface area contributed by atoms with Crippen LogP contribution in [0.25, 0.3) is 11.0 Å². The summed E-state index contributed by atoms with van der Waals surface area (Å²) in [6.07, 6.45) is 0. The molecule has 7 heteroatoms. The van der Waals surface area contributed by atoms with Crippen LogP contribution in [0.3, 0.4) is 0 Å². The summed E-state index contributed by atoms with van der Waals surface area (Å²) < 4.78 is 12.0. The molecule has 0 atom stereocenters. The molecular weight excluding hydrogens is 454 g/mol. The Balaban J connectivity index is 1.85. The molecule has 0 fully saturated rings. The molecule has 0 radical (unpaired) electrons. The molecule has 0 aliphatic heterocycles. The minimum absolute atomic E-state index is 0.0535. The van der Waals surface area contributed by atoms with Crippen molar-refractivity contribution in [3.05, 3.63) is 58.3 Å². The zero-order chi connectivity index (χ0) is 20.8. The minimum Gasteiger partial charge on any atom is -0.507 e. The van der Waals surface area contributed by atoms with Crippen LogP contribution >= 0.6 is 27.7 Å². The Morgan fingerprint density at radius 1 is 1.21 bits per heavy atom. The molecule has 1 heterocycles. The largest absolute Gasteiger partial charge is 0.507 e. The van der Waals surface area contributed by atoms with Gasteiger partial charge in [0.05, 0.1) is 10.2 Å². The normalized spacial score (nSPS) is 11.3. The van der Waals surface area contributed by atoms with Crippen LogP contribution in [0.15, 0.2) is 56.2 Å². The number of phenols is 1. The Kier molecular flexibility index (Phi) is 7.64. The lowest BCUT2D eigenvalue weighted by atomic mass is 10.1. The number of likely N-dealkylation sites (N-methyl/N-ethyl adjacent to an activating group) is 1. The first-order valence-corrected chi connectivity index (χ1v) is 11.3. The van der Waals surface area contributed by atoms with Gasteiger partial charge in [-0.25, -0.2) is 4.79 Å². The Morgan fingerprint density at radius 3 is 2.62 bits per heavy atom. The molecule has 0 aliphatic rings. The first-order chi connectivity index (χ1) is 14.0. The highest BCUT2D eigenvalue weighted by Gasteiger charge is 2.23. The van der Waals surface area contributed by atoms with E-state index in [-0.39, 0.29) is 5.75 Å². The summed E-state index contributed by atoms with van der Waals surface area (Å²) in [5, 5.41) is 10.7. The average molecular weight is 478 g/mol. The van der Waals surface area contributed by atoms with E-state index in [0.717, 1.165) is 18.0 Å². The van der Waals surface area contributed by atoms with Crippen molar-refractivity contribution in [1.29, 1.82) is 0 Å². The fraction of sp³-hybridized carbons (Fsp3) is 0.318. The Morgan fingerprint density at radius 2 is 1.93 bits per heavy atom. The molecule has 3 aromatic rings. The summed E-state index contributed by atoms with van der Waals surface area (Å²) in [5.41, 5.74) is 0.916. The molecule has 5 nitrogen and oxygen atoms in total. The molecule has 0 bridgehead atoms. The zero-order valence-electron chi connectivity index (χ0n) is 16.5. The maximum absolute atomic E-state index is 12.9. The fourth-order valence-electron chi connectivity index (χ4n) is 3.03. The van der Waals surface area contributed by atoms with E-state index >= 15 is 0 Å². The van der Waals surface area contributed by atoms with E-state index in [1.54, 1.807) is 23.9 Å². The van der Waals surface area contributed by atoms with Gasteiger partial charge in [0.25, 0.3) is 0 Å². The molecule has 2 aromatic carbocycles. The number of carbonyl (C=O) groups excluding carboxylic acids is 1. The highest BCUT2D eigenvalue weighted by Crippen LogP contribution is 2.36. The number of thioether (sulfide) groups is 1. The number of rotatable bonds is 9. The first-order valence-electron chi connectivity index (χ1n) is 9.54. The van der Waals surface area contributed by atoms with Gasteiger partial charge in [-0.15, -0.1) is 11.8 Å².